The number of hydrogen-bond acceptors (Lipinski definition) is 8. The Kier molecular flexibility index (Phi) is 7.12. The van der Waals surface area contributed by atoms with Crippen LogP contribution in [-0.4, -0.2) is 48.7 Å². The van der Waals surface area contributed by atoms with E-state index in [9.17, 15) is 4.79 Å². The molecule has 0 amide bonds. The molecule has 0 aliphatic carbocycles. The molecule has 0 unspecified atom stereocenters. The molecule has 8 nitrogen and oxygen atoms in total. The zero-order valence-electron chi connectivity index (χ0n) is 13.3. The van der Waals surface area contributed by atoms with Crippen LogP contribution in [0.3, 0.4) is 0 Å². The maximum atomic E-state index is 11.8. The maximum absolute atomic E-state index is 11.8. The van der Waals surface area contributed by atoms with E-state index in [-0.39, 0.29) is 5.71 Å². The van der Waals surface area contributed by atoms with Gasteiger partial charge in [0.05, 0.1) is 24.7 Å². The fourth-order valence-corrected chi connectivity index (χ4v) is 1.53. The monoisotopic (exact) mass is 318 g/mol. The molecule has 0 aromatic heterocycles. The summed E-state index contributed by atoms with van der Waals surface area (Å²) in [5.41, 5.74) is 1.92. The average molecular weight is 318 g/mol. The van der Waals surface area contributed by atoms with Crippen LogP contribution in [0.15, 0.2) is 44.8 Å². The molecular weight excluding hydrogens is 300 g/mol. The second kappa shape index (κ2) is 9.08. The molecule has 23 heavy (non-hydrogen) atoms. The van der Waals surface area contributed by atoms with Crippen molar-refractivity contribution in [2.24, 2.45) is 20.5 Å². The zero-order valence-corrected chi connectivity index (χ0v) is 13.3. The molecule has 1 aromatic rings. The molecule has 0 aliphatic rings. The van der Waals surface area contributed by atoms with Crippen LogP contribution in [0.4, 0.5) is 0 Å². The van der Waals surface area contributed by atoms with Crippen molar-refractivity contribution in [2.45, 2.75) is 13.8 Å². The molecule has 0 heterocycles. The molecule has 0 atom stereocenters. The Bertz CT molecular complexity index is 678. The van der Waals surface area contributed by atoms with Crippen molar-refractivity contribution < 1.29 is 19.6 Å². The molecule has 1 aromatic carbocycles. The summed E-state index contributed by atoms with van der Waals surface area (Å²) in [6.07, 6.45) is 1.46. The van der Waals surface area contributed by atoms with Crippen molar-refractivity contribution >= 4 is 29.3 Å². The van der Waals surface area contributed by atoms with Gasteiger partial charge in [-0.25, -0.2) is 4.79 Å². The highest BCUT2D eigenvalue weighted by molar-refractivity contribution is 6.44. The van der Waals surface area contributed by atoms with E-state index in [1.165, 1.54) is 20.4 Å². The summed E-state index contributed by atoms with van der Waals surface area (Å²) in [4.78, 5) is 16.5. The van der Waals surface area contributed by atoms with Crippen molar-refractivity contribution in [3.63, 3.8) is 0 Å². The van der Waals surface area contributed by atoms with Gasteiger partial charge in [0, 0.05) is 11.1 Å². The number of carbonyl (C=O) groups is 1. The molecule has 1 rings (SSSR count). The molecule has 8 heteroatoms. The minimum absolute atomic E-state index is 0.0193. The Labute approximate surface area is 133 Å². The lowest BCUT2D eigenvalue weighted by Gasteiger charge is -2.06. The van der Waals surface area contributed by atoms with Crippen LogP contribution in [0.5, 0.6) is 0 Å². The first-order chi connectivity index (χ1) is 11.0. The Morgan fingerprint density at radius 1 is 1.17 bits per heavy atom. The zero-order chi connectivity index (χ0) is 17.2. The van der Waals surface area contributed by atoms with Gasteiger partial charge in [0.15, 0.2) is 5.71 Å². The number of methoxy groups -OCH3 is 1. The van der Waals surface area contributed by atoms with E-state index in [0.29, 0.717) is 22.6 Å². The quantitative estimate of drug-likeness (QED) is 0.374. The fourth-order valence-electron chi connectivity index (χ4n) is 1.53. The van der Waals surface area contributed by atoms with Gasteiger partial charge in [0.25, 0.3) is 0 Å². The summed E-state index contributed by atoms with van der Waals surface area (Å²) in [6.45, 7) is 3.26. The van der Waals surface area contributed by atoms with Crippen LogP contribution in [0.25, 0.3) is 0 Å². The Morgan fingerprint density at radius 2 is 1.87 bits per heavy atom. The summed E-state index contributed by atoms with van der Waals surface area (Å²) in [5, 5.41) is 23.2. The van der Waals surface area contributed by atoms with Crippen LogP contribution in [0, 0.1) is 0 Å². The van der Waals surface area contributed by atoms with Crippen LogP contribution in [0.1, 0.15) is 25.0 Å². The molecule has 0 fully saturated rings. The number of esters is 1. The third-order valence-corrected chi connectivity index (χ3v) is 2.86. The second-order valence-electron chi connectivity index (χ2n) is 4.32. The molecule has 0 spiro atoms. The highest BCUT2D eigenvalue weighted by atomic mass is 16.6. The van der Waals surface area contributed by atoms with Crippen molar-refractivity contribution in [3.8, 4) is 0 Å². The standard InChI is InChI=1S/C15H18N4O4/c1-10(11(2)18-21)17-16-9-12-7-5-6-8-13(12)14(19-23-4)15(20)22-3/h5-9,21H,1-4H3. The molecule has 122 valence electrons. The predicted molar refractivity (Wildman–Crippen MR) is 87.6 cm³/mol. The first kappa shape index (κ1) is 18.0. The number of ether oxygens (including phenoxy) is 1. The number of benzene rings is 1. The number of carbonyl (C=O) groups excluding carboxylic acids is 1. The van der Waals surface area contributed by atoms with E-state index < -0.39 is 5.97 Å². The molecule has 0 bridgehead atoms. The number of nitrogens with zero attached hydrogens (tertiary/aromatic N) is 4. The third kappa shape index (κ3) is 5.03. The van der Waals surface area contributed by atoms with Crippen molar-refractivity contribution in [3.05, 3.63) is 35.4 Å². The summed E-state index contributed by atoms with van der Waals surface area (Å²) in [5.74, 6) is -0.629. The highest BCUT2D eigenvalue weighted by Gasteiger charge is 2.18. The van der Waals surface area contributed by atoms with E-state index >= 15 is 0 Å². The third-order valence-electron chi connectivity index (χ3n) is 2.86. The van der Waals surface area contributed by atoms with Gasteiger partial charge >= 0.3 is 5.97 Å². The Hall–Kier alpha value is -3.03. The van der Waals surface area contributed by atoms with Crippen molar-refractivity contribution in [2.75, 3.05) is 14.2 Å². The molecule has 0 aliphatic heterocycles. The van der Waals surface area contributed by atoms with E-state index in [0.717, 1.165) is 0 Å². The van der Waals surface area contributed by atoms with Crippen LogP contribution < -0.4 is 0 Å². The predicted octanol–water partition coefficient (Wildman–Crippen LogP) is 1.86. The van der Waals surface area contributed by atoms with Gasteiger partial charge in [-0.05, 0) is 13.8 Å². The molecule has 0 saturated carbocycles. The summed E-state index contributed by atoms with van der Waals surface area (Å²) in [7, 11) is 2.60. The van der Waals surface area contributed by atoms with Crippen molar-refractivity contribution in [1.82, 2.24) is 0 Å². The summed E-state index contributed by atoms with van der Waals surface area (Å²) < 4.78 is 4.70. The lowest BCUT2D eigenvalue weighted by atomic mass is 10.0. The molecule has 1 N–H and O–H groups in total. The molecule has 0 saturated heterocycles. The molecular formula is C15H18N4O4. The second-order valence-corrected chi connectivity index (χ2v) is 4.32. The number of hydrogen-bond donors (Lipinski definition) is 1. The Balaban J connectivity index is 3.20. The van der Waals surface area contributed by atoms with E-state index in [4.69, 9.17) is 14.8 Å². The topological polar surface area (TPSA) is 105 Å². The SMILES string of the molecule is CON=C(C(=O)OC)c1ccccc1C=NN=C(C)C(C)=NO. The van der Waals surface area contributed by atoms with Crippen LogP contribution in [-0.2, 0) is 14.4 Å². The lowest BCUT2D eigenvalue weighted by molar-refractivity contribution is -0.132. The number of oxime groups is 2. The number of rotatable bonds is 6. The minimum atomic E-state index is -0.629. The van der Waals surface area contributed by atoms with Gasteiger partial charge < -0.3 is 14.8 Å². The molecule has 0 radical (unpaired) electrons. The van der Waals surface area contributed by atoms with E-state index in [2.05, 4.69) is 20.5 Å². The van der Waals surface area contributed by atoms with Gasteiger partial charge in [0.2, 0.25) is 0 Å². The minimum Gasteiger partial charge on any atom is -0.464 e. The van der Waals surface area contributed by atoms with Crippen LogP contribution in [0.2, 0.25) is 0 Å². The van der Waals surface area contributed by atoms with Crippen molar-refractivity contribution in [1.29, 1.82) is 0 Å². The maximum Gasteiger partial charge on any atom is 0.360 e. The van der Waals surface area contributed by atoms with Gasteiger partial charge in [0.1, 0.15) is 7.11 Å². The largest absolute Gasteiger partial charge is 0.464 e. The normalized spacial score (nSPS) is 13.3. The van der Waals surface area contributed by atoms with E-state index in [1.54, 1.807) is 38.1 Å². The smallest absolute Gasteiger partial charge is 0.360 e. The summed E-state index contributed by atoms with van der Waals surface area (Å²) in [6, 6.07) is 6.96. The Morgan fingerprint density at radius 3 is 2.48 bits per heavy atom. The van der Waals surface area contributed by atoms with Gasteiger partial charge in [-0.2, -0.15) is 10.2 Å². The summed E-state index contributed by atoms with van der Waals surface area (Å²) >= 11 is 0. The highest BCUT2D eigenvalue weighted by Crippen LogP contribution is 2.10. The first-order valence-corrected chi connectivity index (χ1v) is 6.60. The fraction of sp³-hybridized carbons (Fsp3) is 0.267. The van der Waals surface area contributed by atoms with Crippen LogP contribution >= 0.6 is 0 Å². The van der Waals surface area contributed by atoms with Gasteiger partial charge in [-0.15, -0.1) is 0 Å². The van der Waals surface area contributed by atoms with Gasteiger partial charge in [-0.1, -0.05) is 34.6 Å². The van der Waals surface area contributed by atoms with Gasteiger partial charge in [-0.3, -0.25) is 0 Å². The average Bonchev–Trinajstić information content (AvgIpc) is 2.58. The first-order valence-electron chi connectivity index (χ1n) is 6.60. The van der Waals surface area contributed by atoms with E-state index in [1.807, 2.05) is 0 Å². The lowest BCUT2D eigenvalue weighted by Crippen LogP contribution is -2.19.